The summed E-state index contributed by atoms with van der Waals surface area (Å²) in [7, 11) is 1.45. The van der Waals surface area contributed by atoms with Crippen molar-refractivity contribution in [2.45, 2.75) is 32.9 Å². The summed E-state index contributed by atoms with van der Waals surface area (Å²) >= 11 is 1.44. The maximum atomic E-state index is 11.5. The van der Waals surface area contributed by atoms with Gasteiger partial charge in [-0.1, -0.05) is 0 Å². The first-order valence-electron chi connectivity index (χ1n) is 5.91. The topological polar surface area (TPSA) is 83.7 Å². The highest BCUT2D eigenvalue weighted by Gasteiger charge is 2.16. The maximum Gasteiger partial charge on any atom is 0.407 e. The molecule has 1 N–H and O–H groups in total. The van der Waals surface area contributed by atoms with Crippen LogP contribution in [0.4, 0.5) is 4.79 Å². The van der Waals surface area contributed by atoms with Gasteiger partial charge >= 0.3 is 6.09 Å². The van der Waals surface area contributed by atoms with Crippen molar-refractivity contribution >= 4 is 23.3 Å². The lowest BCUT2D eigenvalue weighted by Crippen LogP contribution is -2.31. The van der Waals surface area contributed by atoms with Crippen LogP contribution in [0.25, 0.3) is 0 Å². The van der Waals surface area contributed by atoms with E-state index in [9.17, 15) is 4.79 Å². The molecule has 0 bridgehead atoms. The van der Waals surface area contributed by atoms with E-state index in [-0.39, 0.29) is 5.90 Å². The second-order valence-corrected chi connectivity index (χ2v) is 5.87. The first-order valence-corrected chi connectivity index (χ1v) is 6.79. The quantitative estimate of drug-likeness (QED) is 0.528. The van der Waals surface area contributed by atoms with E-state index in [0.29, 0.717) is 12.1 Å². The molecule has 1 heterocycles. The predicted octanol–water partition coefficient (Wildman–Crippen LogP) is 2.65. The Balaban J connectivity index is 2.59. The lowest BCUT2D eigenvalue weighted by atomic mass is 10.2. The van der Waals surface area contributed by atoms with Gasteiger partial charge in [-0.15, -0.1) is 16.3 Å². The largest absolute Gasteiger partial charge is 0.480 e. The van der Waals surface area contributed by atoms with Gasteiger partial charge < -0.3 is 14.8 Å². The number of methoxy groups -OCH3 is 1. The van der Waals surface area contributed by atoms with E-state index in [2.05, 4.69) is 10.3 Å². The molecule has 7 heteroatoms. The maximum absolute atomic E-state index is 11.5. The molecule has 0 saturated carbocycles. The SMILES string of the molecule is CO/C(=N/C#N)c1csc(CNC(=O)OC(C)(C)C)c1. The molecule has 1 rings (SSSR count). The average Bonchev–Trinajstić information content (AvgIpc) is 2.80. The Labute approximate surface area is 122 Å². The number of thiophene rings is 1. The number of hydrogen-bond donors (Lipinski definition) is 1. The normalized spacial score (nSPS) is 11.7. The number of amides is 1. The summed E-state index contributed by atoms with van der Waals surface area (Å²) in [5, 5.41) is 13.0. The highest BCUT2D eigenvalue weighted by molar-refractivity contribution is 7.10. The molecule has 0 aliphatic rings. The molecule has 0 saturated heterocycles. The fourth-order valence-corrected chi connectivity index (χ4v) is 2.13. The van der Waals surface area contributed by atoms with Crippen molar-refractivity contribution < 1.29 is 14.3 Å². The standard InChI is InChI=1S/C13H17N3O3S/c1-13(2,3)19-12(17)15-6-10-5-9(7-20-10)11(18-4)16-8-14/h5,7H,6H2,1-4H3,(H,15,17)/b16-11+. The van der Waals surface area contributed by atoms with Gasteiger partial charge in [-0.05, 0) is 26.8 Å². The predicted molar refractivity (Wildman–Crippen MR) is 76.6 cm³/mol. The van der Waals surface area contributed by atoms with E-state index < -0.39 is 11.7 Å². The van der Waals surface area contributed by atoms with Gasteiger partial charge in [0.1, 0.15) is 5.60 Å². The Bertz CT molecular complexity index is 538. The number of ether oxygens (including phenoxy) is 2. The molecule has 0 radical (unpaired) electrons. The van der Waals surface area contributed by atoms with E-state index >= 15 is 0 Å². The monoisotopic (exact) mass is 295 g/mol. The number of nitriles is 1. The van der Waals surface area contributed by atoms with Crippen LogP contribution in [0.15, 0.2) is 16.4 Å². The molecule has 1 aromatic heterocycles. The van der Waals surface area contributed by atoms with Crippen molar-refractivity contribution in [2.75, 3.05) is 7.11 Å². The summed E-state index contributed by atoms with van der Waals surface area (Å²) in [4.78, 5) is 16.0. The summed E-state index contributed by atoms with van der Waals surface area (Å²) < 4.78 is 10.1. The Morgan fingerprint density at radius 3 is 2.80 bits per heavy atom. The molecule has 0 unspecified atom stereocenters. The number of alkyl carbamates (subject to hydrolysis) is 1. The molecule has 108 valence electrons. The molecule has 0 fully saturated rings. The van der Waals surface area contributed by atoms with Crippen LogP contribution in [-0.4, -0.2) is 24.7 Å². The lowest BCUT2D eigenvalue weighted by molar-refractivity contribution is 0.0524. The summed E-state index contributed by atoms with van der Waals surface area (Å²) in [6, 6.07) is 1.81. The smallest absolute Gasteiger partial charge is 0.407 e. The van der Waals surface area contributed by atoms with E-state index in [1.165, 1.54) is 18.4 Å². The summed E-state index contributed by atoms with van der Waals surface area (Å²) in [5.41, 5.74) is 0.188. The first-order chi connectivity index (χ1) is 9.35. The molecule has 1 amide bonds. The molecule has 0 aliphatic carbocycles. The van der Waals surface area contributed by atoms with Gasteiger partial charge in [0.05, 0.1) is 13.7 Å². The van der Waals surface area contributed by atoms with Gasteiger partial charge in [0.2, 0.25) is 12.1 Å². The minimum atomic E-state index is -0.520. The molecular weight excluding hydrogens is 278 g/mol. The highest BCUT2D eigenvalue weighted by atomic mass is 32.1. The number of aliphatic imine (C=N–C) groups is 1. The second kappa shape index (κ2) is 6.91. The van der Waals surface area contributed by atoms with Gasteiger partial charge in [0.15, 0.2) is 0 Å². The molecule has 0 aromatic carbocycles. The van der Waals surface area contributed by atoms with E-state index in [4.69, 9.17) is 14.7 Å². The Morgan fingerprint density at radius 1 is 1.55 bits per heavy atom. The van der Waals surface area contributed by atoms with Gasteiger partial charge in [-0.3, -0.25) is 0 Å². The van der Waals surface area contributed by atoms with Crippen molar-refractivity contribution in [1.82, 2.24) is 5.32 Å². The number of hydrogen-bond acceptors (Lipinski definition) is 6. The molecular formula is C13H17N3O3S. The van der Waals surface area contributed by atoms with Crippen LogP contribution in [0.3, 0.4) is 0 Å². The number of carbonyl (C=O) groups excluding carboxylic acids is 1. The summed E-state index contributed by atoms with van der Waals surface area (Å²) in [6.45, 7) is 5.76. The van der Waals surface area contributed by atoms with Crippen molar-refractivity contribution in [2.24, 2.45) is 4.99 Å². The zero-order valence-electron chi connectivity index (χ0n) is 11.9. The third kappa shape index (κ3) is 5.28. The second-order valence-electron chi connectivity index (χ2n) is 4.88. The van der Waals surface area contributed by atoms with Crippen LogP contribution < -0.4 is 5.32 Å². The van der Waals surface area contributed by atoms with Gasteiger partial charge in [-0.2, -0.15) is 5.26 Å². The number of carbonyl (C=O) groups is 1. The van der Waals surface area contributed by atoms with Crippen LogP contribution in [-0.2, 0) is 16.0 Å². The Kier molecular flexibility index (Phi) is 5.53. The van der Waals surface area contributed by atoms with E-state index in [1.54, 1.807) is 27.0 Å². The lowest BCUT2D eigenvalue weighted by Gasteiger charge is -2.19. The molecule has 6 nitrogen and oxygen atoms in total. The van der Waals surface area contributed by atoms with Crippen LogP contribution in [0.2, 0.25) is 0 Å². The first kappa shape index (κ1) is 16.0. The van der Waals surface area contributed by atoms with E-state index in [0.717, 1.165) is 4.88 Å². The van der Waals surface area contributed by atoms with Gasteiger partial charge in [0.25, 0.3) is 0 Å². The van der Waals surface area contributed by atoms with Gasteiger partial charge in [0, 0.05) is 15.8 Å². The Morgan fingerprint density at radius 2 is 2.25 bits per heavy atom. The minimum absolute atomic E-state index is 0.257. The zero-order chi connectivity index (χ0) is 15.2. The molecule has 0 atom stereocenters. The highest BCUT2D eigenvalue weighted by Crippen LogP contribution is 2.16. The zero-order valence-corrected chi connectivity index (χ0v) is 12.7. The van der Waals surface area contributed by atoms with Crippen LogP contribution in [0, 0.1) is 11.5 Å². The number of nitrogens with zero attached hydrogens (tertiary/aromatic N) is 2. The minimum Gasteiger partial charge on any atom is -0.480 e. The molecule has 0 spiro atoms. The van der Waals surface area contributed by atoms with Crippen molar-refractivity contribution in [3.8, 4) is 6.19 Å². The number of nitrogens with one attached hydrogen (secondary N) is 1. The summed E-state index contributed by atoms with van der Waals surface area (Å²) in [5.74, 6) is 0.257. The van der Waals surface area contributed by atoms with Crippen LogP contribution >= 0.6 is 11.3 Å². The van der Waals surface area contributed by atoms with Crippen molar-refractivity contribution in [1.29, 1.82) is 5.26 Å². The Hall–Kier alpha value is -2.07. The van der Waals surface area contributed by atoms with Crippen LogP contribution in [0.5, 0.6) is 0 Å². The van der Waals surface area contributed by atoms with Crippen molar-refractivity contribution in [3.63, 3.8) is 0 Å². The third-order valence-corrected chi connectivity index (χ3v) is 2.99. The van der Waals surface area contributed by atoms with Crippen LogP contribution in [0.1, 0.15) is 31.2 Å². The van der Waals surface area contributed by atoms with E-state index in [1.807, 2.05) is 11.4 Å². The van der Waals surface area contributed by atoms with Crippen molar-refractivity contribution in [3.05, 3.63) is 21.9 Å². The number of rotatable bonds is 3. The average molecular weight is 295 g/mol. The molecule has 1 aromatic rings. The van der Waals surface area contributed by atoms with Gasteiger partial charge in [-0.25, -0.2) is 4.79 Å². The third-order valence-electron chi connectivity index (χ3n) is 2.05. The fourth-order valence-electron chi connectivity index (χ4n) is 1.33. The molecule has 0 aliphatic heterocycles. The molecule has 20 heavy (non-hydrogen) atoms. The summed E-state index contributed by atoms with van der Waals surface area (Å²) in [6.07, 6.45) is 1.21. The fraction of sp³-hybridized carbons (Fsp3) is 0.462.